The first-order chi connectivity index (χ1) is 2.89. The SMILES string of the molecule is ON1C=COC1. The number of ether oxygens (including phenoxy) is 1. The van der Waals surface area contributed by atoms with Crippen LogP contribution in [-0.2, 0) is 4.74 Å². The minimum absolute atomic E-state index is 0.264. The van der Waals surface area contributed by atoms with Crippen molar-refractivity contribution in [3.63, 3.8) is 0 Å². The summed E-state index contributed by atoms with van der Waals surface area (Å²) in [5.41, 5.74) is 0. The minimum atomic E-state index is 0.264. The van der Waals surface area contributed by atoms with E-state index in [4.69, 9.17) is 5.21 Å². The average molecular weight is 87.1 g/mol. The van der Waals surface area contributed by atoms with Crippen LogP contribution in [0.2, 0.25) is 0 Å². The van der Waals surface area contributed by atoms with E-state index in [2.05, 4.69) is 4.74 Å². The summed E-state index contributed by atoms with van der Waals surface area (Å²) in [4.78, 5) is 0. The van der Waals surface area contributed by atoms with E-state index in [1.807, 2.05) is 0 Å². The van der Waals surface area contributed by atoms with Crippen molar-refractivity contribution >= 4 is 0 Å². The predicted octanol–water partition coefficient (Wildman–Crippen LogP) is 0.137. The molecule has 3 nitrogen and oxygen atoms in total. The third kappa shape index (κ3) is 0.440. The monoisotopic (exact) mass is 87.0 g/mol. The summed E-state index contributed by atoms with van der Waals surface area (Å²) in [7, 11) is 0. The average Bonchev–Trinajstić information content (AvgIpc) is 1.86. The molecule has 0 aromatic heterocycles. The lowest BCUT2D eigenvalue weighted by molar-refractivity contribution is -0.0786. The lowest BCUT2D eigenvalue weighted by Crippen LogP contribution is -2.07. The van der Waals surface area contributed by atoms with Crippen LogP contribution in [0.4, 0.5) is 0 Å². The second kappa shape index (κ2) is 1.18. The summed E-state index contributed by atoms with van der Waals surface area (Å²) in [6.07, 6.45) is 2.88. The summed E-state index contributed by atoms with van der Waals surface area (Å²) in [5.74, 6) is 0. The van der Waals surface area contributed by atoms with Crippen molar-refractivity contribution in [2.24, 2.45) is 0 Å². The summed E-state index contributed by atoms with van der Waals surface area (Å²) in [5, 5.41) is 9.31. The molecule has 0 spiro atoms. The highest BCUT2D eigenvalue weighted by molar-refractivity contribution is 4.72. The number of hydroxylamine groups is 2. The Kier molecular flexibility index (Phi) is 0.686. The molecule has 0 aromatic rings. The van der Waals surface area contributed by atoms with Gasteiger partial charge in [-0.3, -0.25) is 5.21 Å². The van der Waals surface area contributed by atoms with E-state index in [1.165, 1.54) is 12.5 Å². The molecule has 0 atom stereocenters. The highest BCUT2D eigenvalue weighted by Crippen LogP contribution is 1.93. The molecule has 6 heavy (non-hydrogen) atoms. The smallest absolute Gasteiger partial charge is 0.183 e. The number of hydrogen-bond donors (Lipinski definition) is 1. The first-order valence-corrected chi connectivity index (χ1v) is 1.63. The Morgan fingerprint density at radius 3 is 2.83 bits per heavy atom. The van der Waals surface area contributed by atoms with Gasteiger partial charge in [-0.05, 0) is 0 Å². The van der Waals surface area contributed by atoms with Crippen LogP contribution in [-0.4, -0.2) is 17.0 Å². The van der Waals surface area contributed by atoms with Crippen LogP contribution >= 0.6 is 0 Å². The zero-order chi connectivity index (χ0) is 4.41. The molecular formula is C3H5NO2. The summed E-state index contributed by atoms with van der Waals surface area (Å²) < 4.78 is 4.55. The molecule has 0 saturated heterocycles. The maximum Gasteiger partial charge on any atom is 0.183 e. The van der Waals surface area contributed by atoms with Crippen molar-refractivity contribution < 1.29 is 9.94 Å². The van der Waals surface area contributed by atoms with Gasteiger partial charge >= 0.3 is 0 Å². The maximum absolute atomic E-state index is 8.35. The van der Waals surface area contributed by atoms with Gasteiger partial charge in [0.05, 0.1) is 6.20 Å². The Balaban J connectivity index is 2.38. The van der Waals surface area contributed by atoms with Gasteiger partial charge in [0.1, 0.15) is 6.26 Å². The van der Waals surface area contributed by atoms with E-state index in [-0.39, 0.29) is 6.73 Å². The third-order valence-corrected chi connectivity index (χ3v) is 0.536. The fraction of sp³-hybridized carbons (Fsp3) is 0.333. The van der Waals surface area contributed by atoms with Gasteiger partial charge in [-0.1, -0.05) is 0 Å². The Morgan fingerprint density at radius 2 is 2.67 bits per heavy atom. The molecule has 0 radical (unpaired) electrons. The minimum Gasteiger partial charge on any atom is -0.477 e. The highest BCUT2D eigenvalue weighted by Gasteiger charge is 1.95. The fourth-order valence-corrected chi connectivity index (χ4v) is 0.276. The zero-order valence-corrected chi connectivity index (χ0v) is 3.16. The quantitative estimate of drug-likeness (QED) is 0.456. The van der Waals surface area contributed by atoms with Gasteiger partial charge in [0, 0.05) is 0 Å². The Labute approximate surface area is 35.4 Å². The van der Waals surface area contributed by atoms with Gasteiger partial charge in [0.2, 0.25) is 0 Å². The van der Waals surface area contributed by atoms with Crippen LogP contribution in [0, 0.1) is 0 Å². The summed E-state index contributed by atoms with van der Waals surface area (Å²) in [6.45, 7) is 0.264. The molecule has 0 unspecified atom stereocenters. The molecule has 34 valence electrons. The summed E-state index contributed by atoms with van der Waals surface area (Å²) >= 11 is 0. The number of rotatable bonds is 0. The van der Waals surface area contributed by atoms with E-state index < -0.39 is 0 Å². The van der Waals surface area contributed by atoms with Crippen LogP contribution in [0.1, 0.15) is 0 Å². The molecule has 0 amide bonds. The Hall–Kier alpha value is -0.700. The van der Waals surface area contributed by atoms with Gasteiger partial charge < -0.3 is 4.74 Å². The van der Waals surface area contributed by atoms with Crippen molar-refractivity contribution in [1.82, 2.24) is 5.06 Å². The van der Waals surface area contributed by atoms with E-state index >= 15 is 0 Å². The fourth-order valence-electron chi connectivity index (χ4n) is 0.276. The molecule has 0 saturated carbocycles. The second-order valence-corrected chi connectivity index (χ2v) is 1.02. The first kappa shape index (κ1) is 3.49. The molecule has 1 heterocycles. The molecule has 0 aromatic carbocycles. The second-order valence-electron chi connectivity index (χ2n) is 1.02. The molecule has 3 heteroatoms. The van der Waals surface area contributed by atoms with Crippen LogP contribution < -0.4 is 0 Å². The van der Waals surface area contributed by atoms with Crippen molar-refractivity contribution in [3.05, 3.63) is 12.5 Å². The normalized spacial score (nSPS) is 18.5. The molecule has 0 fully saturated rings. The van der Waals surface area contributed by atoms with Gasteiger partial charge in [0.25, 0.3) is 0 Å². The van der Waals surface area contributed by atoms with Crippen LogP contribution in [0.3, 0.4) is 0 Å². The zero-order valence-electron chi connectivity index (χ0n) is 3.16. The Bertz CT molecular complexity index is 71.2. The maximum atomic E-state index is 8.35. The molecule has 1 aliphatic rings. The molecule has 0 bridgehead atoms. The highest BCUT2D eigenvalue weighted by atomic mass is 16.6. The van der Waals surface area contributed by atoms with Crippen molar-refractivity contribution in [3.8, 4) is 0 Å². The van der Waals surface area contributed by atoms with Gasteiger partial charge in [0.15, 0.2) is 6.73 Å². The Morgan fingerprint density at radius 1 is 1.83 bits per heavy atom. The van der Waals surface area contributed by atoms with Gasteiger partial charge in [-0.2, -0.15) is 0 Å². The third-order valence-electron chi connectivity index (χ3n) is 0.536. The molecule has 1 N–H and O–H groups in total. The van der Waals surface area contributed by atoms with Crippen molar-refractivity contribution in [2.45, 2.75) is 0 Å². The number of nitrogens with zero attached hydrogens (tertiary/aromatic N) is 1. The van der Waals surface area contributed by atoms with E-state index in [0.29, 0.717) is 0 Å². The number of hydrogen-bond acceptors (Lipinski definition) is 3. The lowest BCUT2D eigenvalue weighted by Gasteiger charge is -1.98. The van der Waals surface area contributed by atoms with E-state index in [9.17, 15) is 0 Å². The standard InChI is InChI=1S/C3H5NO2/c5-4-1-2-6-3-4/h1-2,5H,3H2. The lowest BCUT2D eigenvalue weighted by atomic mass is 11.0. The van der Waals surface area contributed by atoms with Crippen LogP contribution in [0.15, 0.2) is 12.5 Å². The van der Waals surface area contributed by atoms with Gasteiger partial charge in [-0.25, -0.2) is 5.06 Å². The van der Waals surface area contributed by atoms with Crippen molar-refractivity contribution in [2.75, 3.05) is 6.73 Å². The molecule has 1 aliphatic heterocycles. The van der Waals surface area contributed by atoms with Crippen LogP contribution in [0.5, 0.6) is 0 Å². The van der Waals surface area contributed by atoms with E-state index in [1.54, 1.807) is 0 Å². The van der Waals surface area contributed by atoms with E-state index in [0.717, 1.165) is 5.06 Å². The van der Waals surface area contributed by atoms with Crippen molar-refractivity contribution in [1.29, 1.82) is 0 Å². The van der Waals surface area contributed by atoms with Gasteiger partial charge in [-0.15, -0.1) is 0 Å². The predicted molar refractivity (Wildman–Crippen MR) is 18.7 cm³/mol. The largest absolute Gasteiger partial charge is 0.477 e. The van der Waals surface area contributed by atoms with Crippen LogP contribution in [0.25, 0.3) is 0 Å². The molecule has 1 rings (SSSR count). The molecular weight excluding hydrogens is 82.0 g/mol. The molecule has 0 aliphatic carbocycles. The topological polar surface area (TPSA) is 32.7 Å². The summed E-state index contributed by atoms with van der Waals surface area (Å²) in [6, 6.07) is 0. The first-order valence-electron chi connectivity index (χ1n) is 1.63.